The molecule has 0 amide bonds. The molecule has 0 radical (unpaired) electrons. The lowest BCUT2D eigenvalue weighted by molar-refractivity contribution is 0.0770. The Morgan fingerprint density at radius 1 is 0.875 bits per heavy atom. The fourth-order valence-electron chi connectivity index (χ4n) is 4.14. The van der Waals surface area contributed by atoms with E-state index >= 15 is 0 Å². The van der Waals surface area contributed by atoms with E-state index < -0.39 is 0 Å². The van der Waals surface area contributed by atoms with Crippen molar-refractivity contribution in [1.82, 2.24) is 4.90 Å². The molecule has 2 aromatic rings. The molecule has 2 aromatic carbocycles. The minimum atomic E-state index is -0.168. The van der Waals surface area contributed by atoms with Crippen LogP contribution in [-0.4, -0.2) is 35.2 Å². The first kappa shape index (κ1) is 17.2. The minimum absolute atomic E-state index is 0.168. The Hall–Kier alpha value is -1.64. The molecule has 0 aliphatic heterocycles. The maximum Gasteiger partial charge on any atom is 0.0698 e. The highest BCUT2D eigenvalue weighted by Gasteiger charge is 2.35. The van der Waals surface area contributed by atoms with Gasteiger partial charge in [0.2, 0.25) is 0 Å². The van der Waals surface area contributed by atoms with E-state index in [2.05, 4.69) is 73.3 Å². The van der Waals surface area contributed by atoms with Crippen LogP contribution >= 0.6 is 0 Å². The molecule has 1 fully saturated rings. The highest BCUT2D eigenvalue weighted by atomic mass is 16.3. The van der Waals surface area contributed by atoms with Crippen LogP contribution in [0.25, 0.3) is 11.1 Å². The number of aliphatic hydroxyl groups is 1. The van der Waals surface area contributed by atoms with Crippen LogP contribution in [-0.2, 0) is 6.42 Å². The van der Waals surface area contributed by atoms with Gasteiger partial charge in [-0.3, -0.25) is 4.90 Å². The van der Waals surface area contributed by atoms with Crippen LogP contribution in [0.4, 0.5) is 0 Å². The zero-order valence-electron chi connectivity index (χ0n) is 14.9. The molecule has 0 heterocycles. The maximum atomic E-state index is 10.4. The second-order valence-electron chi connectivity index (χ2n) is 6.96. The normalized spacial score (nSPS) is 23.8. The van der Waals surface area contributed by atoms with E-state index in [1.54, 1.807) is 0 Å². The van der Waals surface area contributed by atoms with Gasteiger partial charge < -0.3 is 5.11 Å². The van der Waals surface area contributed by atoms with Crippen LogP contribution in [0, 0.1) is 5.92 Å². The summed E-state index contributed by atoms with van der Waals surface area (Å²) in [6.45, 7) is 6.42. The fraction of sp³-hybridized carbons (Fsp3) is 0.455. The van der Waals surface area contributed by atoms with Crippen molar-refractivity contribution in [2.45, 2.75) is 45.3 Å². The highest BCUT2D eigenvalue weighted by molar-refractivity contribution is 5.63. The van der Waals surface area contributed by atoms with Crippen molar-refractivity contribution in [1.29, 1.82) is 0 Å². The van der Waals surface area contributed by atoms with E-state index in [0.717, 1.165) is 32.4 Å². The molecule has 2 nitrogen and oxygen atoms in total. The lowest BCUT2D eigenvalue weighted by Gasteiger charge is -2.28. The van der Waals surface area contributed by atoms with Crippen molar-refractivity contribution in [2.75, 3.05) is 13.1 Å². The first-order chi connectivity index (χ1) is 11.7. The van der Waals surface area contributed by atoms with Gasteiger partial charge in [-0.05, 0) is 55.0 Å². The molecule has 3 atom stereocenters. The molecule has 24 heavy (non-hydrogen) atoms. The van der Waals surface area contributed by atoms with Gasteiger partial charge in [0, 0.05) is 6.04 Å². The molecule has 0 spiro atoms. The average molecular weight is 323 g/mol. The van der Waals surface area contributed by atoms with Crippen LogP contribution in [0.2, 0.25) is 0 Å². The summed E-state index contributed by atoms with van der Waals surface area (Å²) in [5.41, 5.74) is 3.92. The van der Waals surface area contributed by atoms with Gasteiger partial charge in [0.25, 0.3) is 0 Å². The Morgan fingerprint density at radius 2 is 1.50 bits per heavy atom. The molecule has 1 N–H and O–H groups in total. The molecule has 0 bridgehead atoms. The minimum Gasteiger partial charge on any atom is -0.391 e. The van der Waals surface area contributed by atoms with Gasteiger partial charge in [-0.1, -0.05) is 68.4 Å². The predicted molar refractivity (Wildman–Crippen MR) is 101 cm³/mol. The molecule has 1 aliphatic carbocycles. The second kappa shape index (κ2) is 7.96. The number of benzene rings is 2. The van der Waals surface area contributed by atoms with E-state index in [0.29, 0.717) is 12.0 Å². The fourth-order valence-corrected chi connectivity index (χ4v) is 4.14. The summed E-state index contributed by atoms with van der Waals surface area (Å²) in [7, 11) is 0. The Balaban J connectivity index is 1.63. The first-order valence-corrected chi connectivity index (χ1v) is 9.27. The van der Waals surface area contributed by atoms with Crippen molar-refractivity contribution >= 4 is 0 Å². The van der Waals surface area contributed by atoms with Gasteiger partial charge >= 0.3 is 0 Å². The van der Waals surface area contributed by atoms with Crippen molar-refractivity contribution in [3.63, 3.8) is 0 Å². The molecular formula is C22H29NO. The van der Waals surface area contributed by atoms with Gasteiger partial charge in [-0.2, -0.15) is 0 Å². The van der Waals surface area contributed by atoms with Gasteiger partial charge in [0.1, 0.15) is 0 Å². The number of likely N-dealkylation sites (N-methyl/N-ethyl adjacent to an activating group) is 1. The summed E-state index contributed by atoms with van der Waals surface area (Å²) in [6.07, 6.45) is 2.95. The zero-order valence-corrected chi connectivity index (χ0v) is 14.9. The predicted octanol–water partition coefficient (Wildman–Crippen LogP) is 4.38. The molecular weight excluding hydrogens is 294 g/mol. The molecule has 0 saturated heterocycles. The molecule has 1 saturated carbocycles. The number of rotatable bonds is 6. The van der Waals surface area contributed by atoms with Gasteiger partial charge in [-0.15, -0.1) is 0 Å². The summed E-state index contributed by atoms with van der Waals surface area (Å²) in [5.74, 6) is 0.591. The van der Waals surface area contributed by atoms with Gasteiger partial charge in [0.15, 0.2) is 0 Å². The van der Waals surface area contributed by atoms with Crippen LogP contribution in [0.1, 0.15) is 32.3 Å². The van der Waals surface area contributed by atoms with Crippen molar-refractivity contribution in [3.8, 4) is 11.1 Å². The third-order valence-electron chi connectivity index (χ3n) is 5.46. The van der Waals surface area contributed by atoms with E-state index in [1.165, 1.54) is 16.7 Å². The molecule has 3 rings (SSSR count). The van der Waals surface area contributed by atoms with Gasteiger partial charge in [-0.25, -0.2) is 0 Å². The smallest absolute Gasteiger partial charge is 0.0698 e. The third-order valence-corrected chi connectivity index (χ3v) is 5.46. The maximum absolute atomic E-state index is 10.4. The Bertz CT molecular complexity index is 618. The van der Waals surface area contributed by atoms with E-state index in [1.807, 2.05) is 0 Å². The van der Waals surface area contributed by atoms with E-state index in [-0.39, 0.29) is 6.10 Å². The van der Waals surface area contributed by atoms with Crippen LogP contribution < -0.4 is 0 Å². The SMILES string of the molecule is CCN(CC)[C@H]1C[C@@H](Cc2ccc(-c3ccccc3)cc2)C[C@@H]1O. The number of aliphatic hydroxyl groups excluding tert-OH is 1. The Kier molecular flexibility index (Phi) is 5.70. The van der Waals surface area contributed by atoms with Crippen molar-refractivity contribution < 1.29 is 5.11 Å². The summed E-state index contributed by atoms with van der Waals surface area (Å²) >= 11 is 0. The molecule has 2 heteroatoms. The average Bonchev–Trinajstić information content (AvgIpc) is 2.98. The van der Waals surface area contributed by atoms with Crippen molar-refractivity contribution in [2.24, 2.45) is 5.92 Å². The first-order valence-electron chi connectivity index (χ1n) is 9.27. The number of hydrogen-bond donors (Lipinski definition) is 1. The summed E-state index contributed by atoms with van der Waals surface area (Å²) in [4.78, 5) is 2.41. The largest absolute Gasteiger partial charge is 0.391 e. The standard InChI is InChI=1S/C22H29NO/c1-3-23(4-2)21-15-18(16-22(21)24)14-17-10-12-20(13-11-17)19-8-6-5-7-9-19/h5-13,18,21-22,24H,3-4,14-16H2,1-2H3/t18-,21+,22+/m1/s1. The molecule has 0 unspecified atom stereocenters. The second-order valence-corrected chi connectivity index (χ2v) is 6.96. The van der Waals surface area contributed by atoms with Crippen LogP contribution in [0.3, 0.4) is 0 Å². The highest BCUT2D eigenvalue weighted by Crippen LogP contribution is 2.32. The van der Waals surface area contributed by atoms with E-state index in [9.17, 15) is 5.11 Å². The van der Waals surface area contributed by atoms with Gasteiger partial charge in [0.05, 0.1) is 6.10 Å². The molecule has 1 aliphatic rings. The molecule has 128 valence electrons. The lowest BCUT2D eigenvalue weighted by atomic mass is 9.95. The van der Waals surface area contributed by atoms with E-state index in [4.69, 9.17) is 0 Å². The number of hydrogen-bond acceptors (Lipinski definition) is 2. The monoisotopic (exact) mass is 323 g/mol. The zero-order chi connectivity index (χ0) is 16.9. The lowest BCUT2D eigenvalue weighted by Crippen LogP contribution is -2.40. The third kappa shape index (κ3) is 3.88. The summed E-state index contributed by atoms with van der Waals surface area (Å²) < 4.78 is 0. The quantitative estimate of drug-likeness (QED) is 0.853. The Labute approximate surface area is 146 Å². The van der Waals surface area contributed by atoms with Crippen molar-refractivity contribution in [3.05, 3.63) is 60.2 Å². The summed E-state index contributed by atoms with van der Waals surface area (Å²) in [6, 6.07) is 19.8. The molecule has 0 aromatic heterocycles. The summed E-state index contributed by atoms with van der Waals surface area (Å²) in [5, 5.41) is 10.4. The van der Waals surface area contributed by atoms with Crippen LogP contribution in [0.15, 0.2) is 54.6 Å². The Morgan fingerprint density at radius 3 is 2.12 bits per heavy atom. The van der Waals surface area contributed by atoms with Crippen LogP contribution in [0.5, 0.6) is 0 Å². The number of nitrogens with zero attached hydrogens (tertiary/aromatic N) is 1. The topological polar surface area (TPSA) is 23.5 Å².